The largest absolute Gasteiger partial charge is 0.372 e. The Morgan fingerprint density at radius 1 is 1.27 bits per heavy atom. The van der Waals surface area contributed by atoms with Crippen LogP contribution in [0.2, 0.25) is 0 Å². The Kier molecular flexibility index (Phi) is 1.37. The van der Waals surface area contributed by atoms with Gasteiger partial charge in [0.2, 0.25) is 0 Å². The maximum Gasteiger partial charge on any atom is 0.0988 e. The van der Waals surface area contributed by atoms with Gasteiger partial charge in [-0.2, -0.15) is 0 Å². The molecule has 0 bridgehead atoms. The van der Waals surface area contributed by atoms with Crippen LogP contribution in [0.1, 0.15) is 27.2 Å². The number of rotatable bonds is 0. The van der Waals surface area contributed by atoms with Crippen molar-refractivity contribution in [2.75, 3.05) is 13.2 Å². The first-order valence-corrected chi connectivity index (χ1v) is 4.36. The molecule has 2 aliphatic heterocycles. The van der Waals surface area contributed by atoms with Gasteiger partial charge in [-0.05, 0) is 13.8 Å². The molecule has 2 heteroatoms. The molecule has 2 nitrogen and oxygen atoms in total. The van der Waals surface area contributed by atoms with Gasteiger partial charge in [0.25, 0.3) is 0 Å². The highest BCUT2D eigenvalue weighted by atomic mass is 16.6. The predicted octanol–water partition coefficient (Wildman–Crippen LogP) is 1.59. The second-order valence-corrected chi connectivity index (χ2v) is 4.15. The van der Waals surface area contributed by atoms with Crippen LogP contribution in [-0.4, -0.2) is 24.4 Å². The standard InChI is InChI=1S/C9H16O2/c1-7-6-11-8(2)4-5-10-9(7,8)3/h7H,4-6H2,1-3H3/t7-,8+,9+/m0/s1. The summed E-state index contributed by atoms with van der Waals surface area (Å²) >= 11 is 0. The summed E-state index contributed by atoms with van der Waals surface area (Å²) < 4.78 is 11.5. The minimum atomic E-state index is -0.0208. The van der Waals surface area contributed by atoms with Crippen LogP contribution in [0, 0.1) is 5.92 Å². The minimum Gasteiger partial charge on any atom is -0.372 e. The van der Waals surface area contributed by atoms with Gasteiger partial charge in [-0.3, -0.25) is 0 Å². The molecule has 0 aromatic heterocycles. The molecule has 64 valence electrons. The number of ether oxygens (including phenoxy) is 2. The molecule has 0 amide bonds. The van der Waals surface area contributed by atoms with E-state index in [4.69, 9.17) is 9.47 Å². The maximum absolute atomic E-state index is 5.75. The van der Waals surface area contributed by atoms with Crippen molar-refractivity contribution in [3.05, 3.63) is 0 Å². The fourth-order valence-electron chi connectivity index (χ4n) is 2.21. The zero-order chi connectivity index (χ0) is 8.11. The molecule has 2 aliphatic rings. The molecule has 0 unspecified atom stereocenters. The monoisotopic (exact) mass is 156 g/mol. The van der Waals surface area contributed by atoms with Crippen LogP contribution in [0.3, 0.4) is 0 Å². The summed E-state index contributed by atoms with van der Waals surface area (Å²) in [4.78, 5) is 0. The van der Waals surface area contributed by atoms with Gasteiger partial charge in [0, 0.05) is 12.3 Å². The topological polar surface area (TPSA) is 18.5 Å². The highest BCUT2D eigenvalue weighted by Crippen LogP contribution is 2.48. The summed E-state index contributed by atoms with van der Waals surface area (Å²) in [7, 11) is 0. The van der Waals surface area contributed by atoms with Crippen molar-refractivity contribution in [3.63, 3.8) is 0 Å². The molecule has 3 atom stereocenters. The van der Waals surface area contributed by atoms with Gasteiger partial charge < -0.3 is 9.47 Å². The highest BCUT2D eigenvalue weighted by Gasteiger charge is 2.58. The lowest BCUT2D eigenvalue weighted by Gasteiger charge is -2.33. The molecule has 2 fully saturated rings. The van der Waals surface area contributed by atoms with Gasteiger partial charge in [-0.1, -0.05) is 6.92 Å². The molecule has 0 radical (unpaired) electrons. The summed E-state index contributed by atoms with van der Waals surface area (Å²) in [5, 5.41) is 0. The second-order valence-electron chi connectivity index (χ2n) is 4.15. The molecule has 2 saturated heterocycles. The van der Waals surface area contributed by atoms with Crippen LogP contribution < -0.4 is 0 Å². The van der Waals surface area contributed by atoms with E-state index in [0.717, 1.165) is 19.6 Å². The SMILES string of the molecule is C[C@H]1CO[C@]2(C)CCO[C@]12C. The lowest BCUT2D eigenvalue weighted by Crippen LogP contribution is -2.45. The van der Waals surface area contributed by atoms with Gasteiger partial charge in [0.15, 0.2) is 0 Å². The molecule has 0 saturated carbocycles. The van der Waals surface area contributed by atoms with E-state index in [-0.39, 0.29) is 11.2 Å². The number of hydrogen-bond donors (Lipinski definition) is 0. The summed E-state index contributed by atoms with van der Waals surface area (Å²) in [6, 6.07) is 0. The molecule has 0 aromatic carbocycles. The molecular weight excluding hydrogens is 140 g/mol. The molecule has 2 heterocycles. The smallest absolute Gasteiger partial charge is 0.0988 e. The van der Waals surface area contributed by atoms with Crippen molar-refractivity contribution in [1.82, 2.24) is 0 Å². The first-order valence-electron chi connectivity index (χ1n) is 4.36. The Bertz CT molecular complexity index is 180. The molecule has 11 heavy (non-hydrogen) atoms. The molecular formula is C9H16O2. The van der Waals surface area contributed by atoms with E-state index in [9.17, 15) is 0 Å². The fourth-order valence-corrected chi connectivity index (χ4v) is 2.21. The van der Waals surface area contributed by atoms with Crippen molar-refractivity contribution in [3.8, 4) is 0 Å². The zero-order valence-corrected chi connectivity index (χ0v) is 7.52. The molecule has 0 N–H and O–H groups in total. The van der Waals surface area contributed by atoms with E-state index in [0.29, 0.717) is 5.92 Å². The van der Waals surface area contributed by atoms with E-state index < -0.39 is 0 Å². The Balaban J connectivity index is 2.33. The van der Waals surface area contributed by atoms with Gasteiger partial charge in [-0.15, -0.1) is 0 Å². The van der Waals surface area contributed by atoms with E-state index in [1.165, 1.54) is 0 Å². The van der Waals surface area contributed by atoms with Gasteiger partial charge in [0.1, 0.15) is 0 Å². The average molecular weight is 156 g/mol. The summed E-state index contributed by atoms with van der Waals surface area (Å²) in [5.74, 6) is 0.537. The van der Waals surface area contributed by atoms with Gasteiger partial charge in [-0.25, -0.2) is 0 Å². The number of hydrogen-bond acceptors (Lipinski definition) is 2. The van der Waals surface area contributed by atoms with Crippen LogP contribution in [0.25, 0.3) is 0 Å². The Labute approximate surface area is 67.9 Å². The lowest BCUT2D eigenvalue weighted by atomic mass is 9.80. The zero-order valence-electron chi connectivity index (χ0n) is 7.52. The van der Waals surface area contributed by atoms with E-state index in [2.05, 4.69) is 20.8 Å². The first-order chi connectivity index (χ1) is 5.08. The van der Waals surface area contributed by atoms with Crippen LogP contribution in [0.15, 0.2) is 0 Å². The summed E-state index contributed by atoms with van der Waals surface area (Å²) in [6.07, 6.45) is 1.05. The normalized spacial score (nSPS) is 56.5. The van der Waals surface area contributed by atoms with Crippen LogP contribution >= 0.6 is 0 Å². The predicted molar refractivity (Wildman–Crippen MR) is 42.5 cm³/mol. The fraction of sp³-hybridized carbons (Fsp3) is 1.00. The summed E-state index contributed by atoms with van der Waals surface area (Å²) in [6.45, 7) is 8.27. The first kappa shape index (κ1) is 7.56. The maximum atomic E-state index is 5.75. The van der Waals surface area contributed by atoms with Gasteiger partial charge >= 0.3 is 0 Å². The van der Waals surface area contributed by atoms with Crippen molar-refractivity contribution in [2.24, 2.45) is 5.92 Å². The Hall–Kier alpha value is -0.0800. The Morgan fingerprint density at radius 2 is 2.00 bits per heavy atom. The lowest BCUT2D eigenvalue weighted by molar-refractivity contribution is -0.0736. The van der Waals surface area contributed by atoms with Gasteiger partial charge in [0.05, 0.1) is 24.4 Å². The van der Waals surface area contributed by atoms with Crippen LogP contribution in [-0.2, 0) is 9.47 Å². The van der Waals surface area contributed by atoms with Crippen LogP contribution in [0.5, 0.6) is 0 Å². The molecule has 2 rings (SSSR count). The quantitative estimate of drug-likeness (QED) is 0.530. The molecule has 0 spiro atoms. The Morgan fingerprint density at radius 3 is 2.64 bits per heavy atom. The summed E-state index contributed by atoms with van der Waals surface area (Å²) in [5.41, 5.74) is -0.0284. The van der Waals surface area contributed by atoms with Crippen molar-refractivity contribution >= 4 is 0 Å². The number of fused-ring (bicyclic) bond motifs is 1. The minimum absolute atomic E-state index is 0.00752. The van der Waals surface area contributed by atoms with E-state index in [1.807, 2.05) is 0 Å². The van der Waals surface area contributed by atoms with E-state index >= 15 is 0 Å². The van der Waals surface area contributed by atoms with Crippen molar-refractivity contribution < 1.29 is 9.47 Å². The molecule has 0 aliphatic carbocycles. The van der Waals surface area contributed by atoms with Crippen molar-refractivity contribution in [2.45, 2.75) is 38.4 Å². The second kappa shape index (κ2) is 1.99. The third-order valence-corrected chi connectivity index (χ3v) is 3.62. The van der Waals surface area contributed by atoms with Crippen molar-refractivity contribution in [1.29, 1.82) is 0 Å². The third kappa shape index (κ3) is 0.744. The molecule has 0 aromatic rings. The third-order valence-electron chi connectivity index (χ3n) is 3.62. The highest BCUT2D eigenvalue weighted by molar-refractivity contribution is 5.07. The average Bonchev–Trinajstić information content (AvgIpc) is 2.34. The van der Waals surface area contributed by atoms with Crippen LogP contribution in [0.4, 0.5) is 0 Å². The van der Waals surface area contributed by atoms with E-state index in [1.54, 1.807) is 0 Å².